The van der Waals surface area contributed by atoms with E-state index < -0.39 is 0 Å². The van der Waals surface area contributed by atoms with Gasteiger partial charge in [0, 0.05) is 37.4 Å². The van der Waals surface area contributed by atoms with Crippen LogP contribution in [0.1, 0.15) is 0 Å². The number of nitrogens with one attached hydrogen (secondary N) is 2. The Bertz CT molecular complexity index is 847. The summed E-state index contributed by atoms with van der Waals surface area (Å²) in [5.41, 5.74) is 17.0. The number of benzene rings is 2. The molecule has 4 rings (SSSR count). The van der Waals surface area contributed by atoms with Gasteiger partial charge in [-0.3, -0.25) is 0 Å². The van der Waals surface area contributed by atoms with Crippen molar-refractivity contribution in [3.63, 3.8) is 0 Å². The smallest absolute Gasteiger partial charge is 0.138 e. The molecule has 3 aromatic rings. The number of anilines is 3. The van der Waals surface area contributed by atoms with Crippen molar-refractivity contribution in [2.75, 3.05) is 42.5 Å². The number of nitrogens with two attached hydrogens (primary N) is 2. The maximum Gasteiger partial charge on any atom is 0.138 e. The summed E-state index contributed by atoms with van der Waals surface area (Å²) in [6, 6.07) is 12.0. The number of hydrogen-bond donors (Lipinski definition) is 4. The molecule has 0 radical (unpaired) electrons. The fraction of sp³-hybridized carbons (Fsp3) is 0.235. The number of nitrogen functional groups attached to an aromatic ring is 2. The minimum atomic E-state index is 0.574. The number of H-pyrrole nitrogens is 1. The highest BCUT2D eigenvalue weighted by Gasteiger charge is 2.12. The fourth-order valence-electron chi connectivity index (χ4n) is 2.98. The van der Waals surface area contributed by atoms with Crippen LogP contribution in [0.3, 0.4) is 0 Å². The maximum absolute atomic E-state index is 5.89. The molecule has 0 bridgehead atoms. The van der Waals surface area contributed by atoms with Crippen LogP contribution in [0.5, 0.6) is 0 Å². The fourth-order valence-corrected chi connectivity index (χ4v) is 2.98. The van der Waals surface area contributed by atoms with E-state index in [0.29, 0.717) is 11.4 Å². The molecule has 6 N–H and O–H groups in total. The van der Waals surface area contributed by atoms with E-state index in [9.17, 15) is 0 Å². The number of nitrogens with zero attached hydrogens (tertiary/aromatic N) is 2. The maximum atomic E-state index is 5.89. The number of imidazole rings is 1. The first-order valence-electron chi connectivity index (χ1n) is 7.81. The highest BCUT2D eigenvalue weighted by Crippen LogP contribution is 2.27. The lowest BCUT2D eigenvalue weighted by molar-refractivity contribution is 0.589. The van der Waals surface area contributed by atoms with E-state index in [2.05, 4.69) is 38.4 Å². The Labute approximate surface area is 134 Å². The first kappa shape index (κ1) is 13.9. The molecule has 6 nitrogen and oxygen atoms in total. The van der Waals surface area contributed by atoms with Gasteiger partial charge in [0.05, 0.1) is 22.4 Å². The van der Waals surface area contributed by atoms with Crippen LogP contribution < -0.4 is 21.7 Å². The molecule has 1 fully saturated rings. The Hall–Kier alpha value is -2.73. The number of fused-ring (bicyclic) bond motifs is 1. The van der Waals surface area contributed by atoms with E-state index in [1.54, 1.807) is 0 Å². The van der Waals surface area contributed by atoms with Gasteiger partial charge in [-0.25, -0.2) is 4.98 Å². The van der Waals surface area contributed by atoms with E-state index in [0.717, 1.165) is 48.6 Å². The second-order valence-corrected chi connectivity index (χ2v) is 5.87. The molecule has 2 heterocycles. The minimum Gasteiger partial charge on any atom is -0.397 e. The third-order valence-electron chi connectivity index (χ3n) is 4.31. The first-order chi connectivity index (χ1) is 11.2. The molecule has 1 saturated heterocycles. The summed E-state index contributed by atoms with van der Waals surface area (Å²) in [5, 5.41) is 3.37. The van der Waals surface area contributed by atoms with Crippen molar-refractivity contribution in [3.05, 3.63) is 36.4 Å². The van der Waals surface area contributed by atoms with Crippen LogP contribution in [-0.4, -0.2) is 36.1 Å². The van der Waals surface area contributed by atoms with Crippen LogP contribution in [0.2, 0.25) is 0 Å². The topological polar surface area (TPSA) is 96.0 Å². The Morgan fingerprint density at radius 2 is 1.78 bits per heavy atom. The summed E-state index contributed by atoms with van der Waals surface area (Å²) in [6.45, 7) is 4.11. The van der Waals surface area contributed by atoms with Gasteiger partial charge >= 0.3 is 0 Å². The number of aromatic amines is 1. The van der Waals surface area contributed by atoms with Crippen molar-refractivity contribution < 1.29 is 0 Å². The van der Waals surface area contributed by atoms with Crippen molar-refractivity contribution in [1.82, 2.24) is 15.3 Å². The lowest BCUT2D eigenvalue weighted by Gasteiger charge is -2.29. The molecule has 0 amide bonds. The van der Waals surface area contributed by atoms with E-state index in [4.69, 9.17) is 11.5 Å². The summed E-state index contributed by atoms with van der Waals surface area (Å²) < 4.78 is 0. The molecule has 2 aromatic carbocycles. The van der Waals surface area contributed by atoms with Crippen molar-refractivity contribution in [2.45, 2.75) is 0 Å². The Kier molecular flexibility index (Phi) is 3.31. The van der Waals surface area contributed by atoms with Crippen LogP contribution in [0.4, 0.5) is 17.1 Å². The van der Waals surface area contributed by atoms with E-state index >= 15 is 0 Å². The average molecular weight is 308 g/mol. The molecule has 0 spiro atoms. The normalized spacial score (nSPS) is 15.2. The predicted octanol–water partition coefficient (Wildman–Crippen LogP) is 1.80. The number of hydrogen-bond acceptors (Lipinski definition) is 5. The lowest BCUT2D eigenvalue weighted by atomic mass is 10.1. The molecule has 23 heavy (non-hydrogen) atoms. The Balaban J connectivity index is 1.71. The monoisotopic (exact) mass is 308 g/mol. The lowest BCUT2D eigenvalue weighted by Crippen LogP contribution is -2.43. The molecule has 0 unspecified atom stereocenters. The minimum absolute atomic E-state index is 0.574. The van der Waals surface area contributed by atoms with Crippen molar-refractivity contribution in [2.24, 2.45) is 0 Å². The molecular weight excluding hydrogens is 288 g/mol. The van der Waals surface area contributed by atoms with Gasteiger partial charge in [0.2, 0.25) is 0 Å². The van der Waals surface area contributed by atoms with Gasteiger partial charge < -0.3 is 26.7 Å². The largest absolute Gasteiger partial charge is 0.397 e. The summed E-state index contributed by atoms with van der Waals surface area (Å²) in [7, 11) is 0. The highest BCUT2D eigenvalue weighted by atomic mass is 15.2. The SMILES string of the molecule is Nc1ccc(-c2nc3ccc(N4CCNCC4)cc3[nH]2)cc1N. The summed E-state index contributed by atoms with van der Waals surface area (Å²) in [4.78, 5) is 10.4. The Morgan fingerprint density at radius 1 is 0.957 bits per heavy atom. The number of aromatic nitrogens is 2. The highest BCUT2D eigenvalue weighted by molar-refractivity contribution is 5.84. The average Bonchev–Trinajstić information content (AvgIpc) is 3.01. The predicted molar refractivity (Wildman–Crippen MR) is 95.4 cm³/mol. The van der Waals surface area contributed by atoms with Gasteiger partial charge in [-0.1, -0.05) is 0 Å². The second-order valence-electron chi connectivity index (χ2n) is 5.87. The molecule has 1 aliphatic heterocycles. The van der Waals surface area contributed by atoms with Crippen LogP contribution in [-0.2, 0) is 0 Å². The van der Waals surface area contributed by atoms with Gasteiger partial charge in [0.25, 0.3) is 0 Å². The van der Waals surface area contributed by atoms with Crippen molar-refractivity contribution in [1.29, 1.82) is 0 Å². The Morgan fingerprint density at radius 3 is 2.57 bits per heavy atom. The molecule has 1 aromatic heterocycles. The molecule has 0 atom stereocenters. The molecule has 6 heteroatoms. The van der Waals surface area contributed by atoms with Crippen LogP contribution in [0.25, 0.3) is 22.4 Å². The summed E-state index contributed by atoms with van der Waals surface area (Å²) in [6.07, 6.45) is 0. The van der Waals surface area contributed by atoms with Crippen LogP contribution in [0, 0.1) is 0 Å². The molecule has 118 valence electrons. The first-order valence-corrected chi connectivity index (χ1v) is 7.81. The molecular formula is C17H20N6. The standard InChI is InChI=1S/C17H20N6/c18-13-3-1-11(9-14(13)19)17-21-15-4-2-12(10-16(15)22-17)23-7-5-20-6-8-23/h1-4,9-10,20H,5-8,18-19H2,(H,21,22). The zero-order chi connectivity index (χ0) is 15.8. The van der Waals surface area contributed by atoms with E-state index in [-0.39, 0.29) is 0 Å². The zero-order valence-electron chi connectivity index (χ0n) is 12.8. The molecule has 1 aliphatic rings. The summed E-state index contributed by atoms with van der Waals surface area (Å²) >= 11 is 0. The van der Waals surface area contributed by atoms with Gasteiger partial charge in [-0.15, -0.1) is 0 Å². The van der Waals surface area contributed by atoms with E-state index in [1.807, 2.05) is 18.2 Å². The summed E-state index contributed by atoms with van der Waals surface area (Å²) in [5.74, 6) is 0.809. The number of piperazine rings is 1. The van der Waals surface area contributed by atoms with Gasteiger partial charge in [0.15, 0.2) is 0 Å². The molecule has 0 saturated carbocycles. The third-order valence-corrected chi connectivity index (χ3v) is 4.31. The van der Waals surface area contributed by atoms with Crippen LogP contribution in [0.15, 0.2) is 36.4 Å². The van der Waals surface area contributed by atoms with Gasteiger partial charge in [-0.05, 0) is 36.4 Å². The number of rotatable bonds is 2. The second kappa shape index (κ2) is 5.48. The van der Waals surface area contributed by atoms with Crippen LogP contribution >= 0.6 is 0 Å². The van der Waals surface area contributed by atoms with Crippen molar-refractivity contribution in [3.8, 4) is 11.4 Å². The zero-order valence-corrected chi connectivity index (χ0v) is 12.8. The van der Waals surface area contributed by atoms with Gasteiger partial charge in [-0.2, -0.15) is 0 Å². The van der Waals surface area contributed by atoms with Gasteiger partial charge in [0.1, 0.15) is 5.82 Å². The third kappa shape index (κ3) is 2.57. The van der Waals surface area contributed by atoms with E-state index in [1.165, 1.54) is 5.69 Å². The van der Waals surface area contributed by atoms with Crippen molar-refractivity contribution >= 4 is 28.1 Å². The quantitative estimate of drug-likeness (QED) is 0.541. The molecule has 0 aliphatic carbocycles.